The number of nitrogens with zero attached hydrogens (tertiary/aromatic N) is 3. The van der Waals surface area contributed by atoms with Crippen molar-refractivity contribution >= 4 is 65.6 Å². The molecule has 0 aliphatic carbocycles. The maximum atomic E-state index is 10.7. The number of fused-ring (bicyclic) bond motifs is 10. The van der Waals surface area contributed by atoms with Crippen LogP contribution in [0.4, 0.5) is 0 Å². The molecule has 47 heavy (non-hydrogen) atoms. The van der Waals surface area contributed by atoms with E-state index in [-0.39, 0.29) is 0 Å². The average Bonchev–Trinajstić information content (AvgIpc) is 3.79. The lowest BCUT2D eigenvalue weighted by atomic mass is 9.97. The van der Waals surface area contributed by atoms with Gasteiger partial charge in [0.05, 0.1) is 44.4 Å². The Hall–Kier alpha value is -6.57. The molecule has 4 heteroatoms. The Kier molecular flexibility index (Phi) is 5.32. The highest BCUT2D eigenvalue weighted by atomic mass is 16.3. The fourth-order valence-corrected chi connectivity index (χ4v) is 7.67. The van der Waals surface area contributed by atoms with Gasteiger partial charge in [-0.2, -0.15) is 5.26 Å². The van der Waals surface area contributed by atoms with E-state index in [0.717, 1.165) is 77.3 Å². The molecule has 0 saturated carbocycles. The highest BCUT2D eigenvalue weighted by Gasteiger charge is 2.24. The Morgan fingerprint density at radius 1 is 0.447 bits per heavy atom. The summed E-state index contributed by atoms with van der Waals surface area (Å²) in [6, 6.07) is 55.2. The molecule has 4 nitrogen and oxygen atoms in total. The van der Waals surface area contributed by atoms with E-state index in [4.69, 9.17) is 4.42 Å². The molecule has 0 aliphatic rings. The molecule has 3 heterocycles. The number of para-hydroxylation sites is 6. The Labute approximate surface area is 269 Å². The first-order chi connectivity index (χ1) is 23.3. The summed E-state index contributed by atoms with van der Waals surface area (Å²) in [6.07, 6.45) is 0. The van der Waals surface area contributed by atoms with Crippen LogP contribution in [0, 0.1) is 11.3 Å². The Morgan fingerprint density at radius 3 is 1.74 bits per heavy atom. The summed E-state index contributed by atoms with van der Waals surface area (Å²) in [4.78, 5) is 0. The number of furan rings is 1. The molecule has 0 bridgehead atoms. The average molecular weight is 600 g/mol. The molecule has 0 N–H and O–H groups in total. The van der Waals surface area contributed by atoms with Crippen molar-refractivity contribution in [3.05, 3.63) is 157 Å². The fourth-order valence-electron chi connectivity index (χ4n) is 7.67. The molecule has 10 rings (SSSR count). The van der Waals surface area contributed by atoms with Crippen LogP contribution in [0.1, 0.15) is 5.56 Å². The van der Waals surface area contributed by atoms with Crippen LogP contribution < -0.4 is 0 Å². The highest BCUT2D eigenvalue weighted by molar-refractivity contribution is 6.24. The second-order valence-electron chi connectivity index (χ2n) is 12.0. The van der Waals surface area contributed by atoms with Crippen molar-refractivity contribution in [2.75, 3.05) is 0 Å². The standard InChI is InChI=1S/C43H25N3O/c44-26-27-12-11-18-32(30-15-3-8-21-37(30)45-35-19-6-1-13-28(35)29-14-2-7-20-36(29)45)42(27)46-38-22-9-4-16-31(38)33-24-25-40-41(43(33)46)34-17-5-10-23-39(34)47-40/h1-25H. The molecular formula is C43H25N3O. The van der Waals surface area contributed by atoms with E-state index < -0.39 is 0 Å². The molecule has 0 saturated heterocycles. The van der Waals surface area contributed by atoms with Crippen LogP contribution in [-0.4, -0.2) is 9.13 Å². The van der Waals surface area contributed by atoms with Crippen molar-refractivity contribution in [1.29, 1.82) is 5.26 Å². The topological polar surface area (TPSA) is 46.8 Å². The van der Waals surface area contributed by atoms with Crippen LogP contribution in [0.2, 0.25) is 0 Å². The van der Waals surface area contributed by atoms with Crippen LogP contribution in [0.25, 0.3) is 88.1 Å². The van der Waals surface area contributed by atoms with Crippen LogP contribution in [-0.2, 0) is 0 Å². The third-order valence-corrected chi connectivity index (χ3v) is 9.57. The lowest BCUT2D eigenvalue weighted by Gasteiger charge is -2.19. The number of benzene rings is 7. The summed E-state index contributed by atoms with van der Waals surface area (Å²) in [6.45, 7) is 0. The van der Waals surface area contributed by atoms with E-state index in [9.17, 15) is 5.26 Å². The molecule has 0 spiro atoms. The minimum atomic E-state index is 0.604. The monoisotopic (exact) mass is 599 g/mol. The van der Waals surface area contributed by atoms with Gasteiger partial charge in [-0.25, -0.2) is 0 Å². The zero-order chi connectivity index (χ0) is 31.1. The van der Waals surface area contributed by atoms with Crippen molar-refractivity contribution in [2.45, 2.75) is 0 Å². The number of aromatic nitrogens is 2. The smallest absolute Gasteiger partial charge is 0.137 e. The summed E-state index contributed by atoms with van der Waals surface area (Å²) in [5.74, 6) is 0. The Balaban J connectivity index is 1.38. The van der Waals surface area contributed by atoms with Gasteiger partial charge < -0.3 is 13.6 Å². The van der Waals surface area contributed by atoms with Gasteiger partial charge in [-0.05, 0) is 48.5 Å². The summed E-state index contributed by atoms with van der Waals surface area (Å²) in [7, 11) is 0. The van der Waals surface area contributed by atoms with Crippen LogP contribution in [0.3, 0.4) is 0 Å². The summed E-state index contributed by atoms with van der Waals surface area (Å²) >= 11 is 0. The van der Waals surface area contributed by atoms with Gasteiger partial charge in [0, 0.05) is 38.1 Å². The molecule has 0 atom stereocenters. The first-order valence-corrected chi connectivity index (χ1v) is 15.8. The van der Waals surface area contributed by atoms with Gasteiger partial charge in [-0.1, -0.05) is 103 Å². The Morgan fingerprint density at radius 2 is 1.02 bits per heavy atom. The van der Waals surface area contributed by atoms with E-state index in [2.05, 4.69) is 143 Å². The predicted molar refractivity (Wildman–Crippen MR) is 193 cm³/mol. The van der Waals surface area contributed by atoms with E-state index in [1.165, 1.54) is 10.8 Å². The van der Waals surface area contributed by atoms with Crippen LogP contribution in [0.15, 0.2) is 156 Å². The van der Waals surface area contributed by atoms with E-state index in [0.29, 0.717) is 5.56 Å². The normalized spacial score (nSPS) is 11.8. The van der Waals surface area contributed by atoms with Crippen molar-refractivity contribution in [3.8, 4) is 28.6 Å². The second kappa shape index (κ2) is 9.71. The molecule has 0 radical (unpaired) electrons. The molecule has 3 aromatic heterocycles. The van der Waals surface area contributed by atoms with Gasteiger partial charge in [0.1, 0.15) is 17.2 Å². The zero-order valence-electron chi connectivity index (χ0n) is 25.2. The van der Waals surface area contributed by atoms with Crippen LogP contribution >= 0.6 is 0 Å². The predicted octanol–water partition coefficient (Wildman–Crippen LogP) is 11.3. The molecule has 10 aromatic rings. The van der Waals surface area contributed by atoms with Crippen molar-refractivity contribution in [2.24, 2.45) is 0 Å². The SMILES string of the molecule is N#Cc1cccc(-c2ccccc2-n2c3ccccc3c3ccccc32)c1-n1c2ccccc2c2ccc3oc4ccccc4c3c21. The third kappa shape index (κ3) is 3.51. The number of rotatable bonds is 3. The molecule has 0 amide bonds. The largest absolute Gasteiger partial charge is 0.456 e. The summed E-state index contributed by atoms with van der Waals surface area (Å²) in [5, 5.41) is 17.5. The first kappa shape index (κ1) is 25.7. The summed E-state index contributed by atoms with van der Waals surface area (Å²) in [5.41, 5.74) is 10.6. The maximum absolute atomic E-state index is 10.7. The maximum Gasteiger partial charge on any atom is 0.137 e. The van der Waals surface area contributed by atoms with Gasteiger partial charge in [-0.15, -0.1) is 0 Å². The minimum Gasteiger partial charge on any atom is -0.456 e. The highest BCUT2D eigenvalue weighted by Crippen LogP contribution is 2.44. The van der Waals surface area contributed by atoms with Gasteiger partial charge >= 0.3 is 0 Å². The Bertz CT molecular complexity index is 2880. The fraction of sp³-hybridized carbons (Fsp3) is 0. The molecular weight excluding hydrogens is 574 g/mol. The minimum absolute atomic E-state index is 0.604. The third-order valence-electron chi connectivity index (χ3n) is 9.57. The second-order valence-corrected chi connectivity index (χ2v) is 12.0. The number of nitriles is 1. The van der Waals surface area contributed by atoms with Crippen molar-refractivity contribution < 1.29 is 4.42 Å². The lowest BCUT2D eigenvalue weighted by Crippen LogP contribution is -2.03. The number of hydrogen-bond acceptors (Lipinski definition) is 2. The molecule has 0 fully saturated rings. The van der Waals surface area contributed by atoms with E-state index in [1.54, 1.807) is 0 Å². The zero-order valence-corrected chi connectivity index (χ0v) is 25.2. The van der Waals surface area contributed by atoms with Crippen LogP contribution in [0.5, 0.6) is 0 Å². The molecule has 0 unspecified atom stereocenters. The molecule has 0 aliphatic heterocycles. The van der Waals surface area contributed by atoms with Crippen molar-refractivity contribution in [3.63, 3.8) is 0 Å². The van der Waals surface area contributed by atoms with Gasteiger partial charge in [0.2, 0.25) is 0 Å². The quantitative estimate of drug-likeness (QED) is 0.203. The first-order valence-electron chi connectivity index (χ1n) is 15.8. The van der Waals surface area contributed by atoms with E-state index >= 15 is 0 Å². The van der Waals surface area contributed by atoms with Crippen molar-refractivity contribution in [1.82, 2.24) is 9.13 Å². The summed E-state index contributed by atoms with van der Waals surface area (Å²) < 4.78 is 11.0. The van der Waals surface area contributed by atoms with E-state index in [1.807, 2.05) is 24.3 Å². The van der Waals surface area contributed by atoms with Gasteiger partial charge in [0.25, 0.3) is 0 Å². The van der Waals surface area contributed by atoms with Gasteiger partial charge in [-0.3, -0.25) is 0 Å². The van der Waals surface area contributed by atoms with Gasteiger partial charge in [0.15, 0.2) is 0 Å². The number of hydrogen-bond donors (Lipinski definition) is 0. The lowest BCUT2D eigenvalue weighted by molar-refractivity contribution is 0.669. The molecule has 7 aromatic carbocycles. The molecule has 218 valence electrons.